The average molecular weight is 354 g/mol. The van der Waals surface area contributed by atoms with Crippen LogP contribution < -0.4 is 10.1 Å². The van der Waals surface area contributed by atoms with Gasteiger partial charge in [0.25, 0.3) is 0 Å². The molecular weight excluding hydrogens is 332 g/mol. The van der Waals surface area contributed by atoms with E-state index in [1.165, 1.54) is 0 Å². The first kappa shape index (κ1) is 18.1. The lowest BCUT2D eigenvalue weighted by molar-refractivity contribution is -0.131. The molecule has 0 radical (unpaired) electrons. The van der Waals surface area contributed by atoms with Gasteiger partial charge in [-0.15, -0.1) is 0 Å². The average Bonchev–Trinajstić information content (AvgIpc) is 2.66. The van der Waals surface area contributed by atoms with Crippen molar-refractivity contribution in [3.05, 3.63) is 65.5 Å². The monoisotopic (exact) mass is 354 g/mol. The van der Waals surface area contributed by atoms with Crippen LogP contribution in [0.5, 0.6) is 5.75 Å². The number of carboxylic acids is 1. The summed E-state index contributed by atoms with van der Waals surface area (Å²) in [6.07, 6.45) is 7.25. The van der Waals surface area contributed by atoms with Crippen LogP contribution in [0.2, 0.25) is 0 Å². The number of pyridine rings is 1. The van der Waals surface area contributed by atoms with Crippen molar-refractivity contribution < 1.29 is 19.7 Å². The first-order chi connectivity index (χ1) is 12.6. The number of nitrogens with zero attached hydrogens (tertiary/aromatic N) is 1. The van der Waals surface area contributed by atoms with E-state index in [0.717, 1.165) is 41.4 Å². The first-order valence-electron chi connectivity index (χ1n) is 8.61. The molecule has 0 bridgehead atoms. The number of aliphatic hydroxyl groups excluding tert-OH is 1. The zero-order valence-corrected chi connectivity index (χ0v) is 14.3. The summed E-state index contributed by atoms with van der Waals surface area (Å²) in [5.74, 6) is -0.123. The van der Waals surface area contributed by atoms with Gasteiger partial charge in [-0.05, 0) is 48.2 Å². The highest BCUT2D eigenvalue weighted by molar-refractivity contribution is 5.85. The third-order valence-corrected chi connectivity index (χ3v) is 4.31. The van der Waals surface area contributed by atoms with E-state index in [-0.39, 0.29) is 6.10 Å². The molecule has 0 unspecified atom stereocenters. The summed E-state index contributed by atoms with van der Waals surface area (Å²) in [7, 11) is 0. The fourth-order valence-electron chi connectivity index (χ4n) is 2.95. The number of ether oxygens (including phenoxy) is 1. The van der Waals surface area contributed by atoms with E-state index in [0.29, 0.717) is 13.1 Å². The largest absolute Gasteiger partial charge is 0.489 e. The van der Waals surface area contributed by atoms with Crippen molar-refractivity contribution >= 4 is 12.0 Å². The molecule has 0 spiro atoms. The molecule has 6 nitrogen and oxygen atoms in total. The molecule has 0 saturated carbocycles. The molecule has 1 aliphatic heterocycles. The summed E-state index contributed by atoms with van der Waals surface area (Å²) in [5, 5.41) is 22.1. The molecule has 1 aliphatic rings. The maximum atomic E-state index is 10.6. The highest BCUT2D eigenvalue weighted by Gasteiger charge is 2.20. The maximum absolute atomic E-state index is 10.6. The number of rotatable bonds is 7. The van der Waals surface area contributed by atoms with Crippen LogP contribution in [-0.4, -0.2) is 40.4 Å². The Kier molecular flexibility index (Phi) is 5.99. The minimum absolute atomic E-state index is 0.0454. The number of carboxylic acid groups (broad SMARTS) is 1. The van der Waals surface area contributed by atoms with Crippen molar-refractivity contribution in [3.63, 3.8) is 0 Å². The van der Waals surface area contributed by atoms with E-state index in [9.17, 15) is 9.90 Å². The number of benzene rings is 1. The first-order valence-corrected chi connectivity index (χ1v) is 8.61. The van der Waals surface area contributed by atoms with Gasteiger partial charge in [0, 0.05) is 37.1 Å². The van der Waals surface area contributed by atoms with Gasteiger partial charge in [-0.2, -0.15) is 0 Å². The van der Waals surface area contributed by atoms with Crippen LogP contribution >= 0.6 is 0 Å². The normalized spacial score (nSPS) is 17.5. The zero-order valence-electron chi connectivity index (χ0n) is 14.3. The highest BCUT2D eigenvalue weighted by atomic mass is 16.5. The van der Waals surface area contributed by atoms with E-state index in [1.807, 2.05) is 24.3 Å². The molecule has 1 aromatic carbocycles. The standard InChI is InChI=1S/C20H22N2O4/c23-18(16-2-1-9-21-11-16)13-22-12-17-6-5-15-10-14(4-8-20(24)25)3-7-19(15)26-17/h1-4,7-11,17-18,22-23H,5-6,12-13H2,(H,24,25)/t17-,18-/m0/s1. The number of aryl methyl sites for hydroxylation is 1. The summed E-state index contributed by atoms with van der Waals surface area (Å²) in [6, 6.07) is 9.35. The Morgan fingerprint density at radius 1 is 1.42 bits per heavy atom. The van der Waals surface area contributed by atoms with Crippen molar-refractivity contribution in [3.8, 4) is 5.75 Å². The van der Waals surface area contributed by atoms with Gasteiger partial charge in [-0.25, -0.2) is 4.79 Å². The number of aromatic nitrogens is 1. The molecule has 2 heterocycles. The molecular formula is C20H22N2O4. The third kappa shape index (κ3) is 4.91. The summed E-state index contributed by atoms with van der Waals surface area (Å²) in [5.41, 5.74) is 2.73. The lowest BCUT2D eigenvalue weighted by Gasteiger charge is -2.27. The molecule has 26 heavy (non-hydrogen) atoms. The van der Waals surface area contributed by atoms with Crippen LogP contribution in [0.25, 0.3) is 6.08 Å². The topological polar surface area (TPSA) is 91.7 Å². The van der Waals surface area contributed by atoms with Gasteiger partial charge in [0.2, 0.25) is 0 Å². The predicted octanol–water partition coefficient (Wildman–Crippen LogP) is 2.20. The number of hydrogen-bond donors (Lipinski definition) is 3. The van der Waals surface area contributed by atoms with Gasteiger partial charge in [0.15, 0.2) is 0 Å². The number of aliphatic hydroxyl groups is 1. The second-order valence-corrected chi connectivity index (χ2v) is 6.28. The van der Waals surface area contributed by atoms with Crippen LogP contribution in [-0.2, 0) is 11.2 Å². The summed E-state index contributed by atoms with van der Waals surface area (Å²) in [6.45, 7) is 1.09. The maximum Gasteiger partial charge on any atom is 0.328 e. The number of carbonyl (C=O) groups is 1. The Morgan fingerprint density at radius 2 is 2.31 bits per heavy atom. The van der Waals surface area contributed by atoms with Crippen molar-refractivity contribution in [2.75, 3.05) is 13.1 Å². The van der Waals surface area contributed by atoms with Crippen LogP contribution in [0, 0.1) is 0 Å². The molecule has 3 N–H and O–H groups in total. The van der Waals surface area contributed by atoms with Gasteiger partial charge in [-0.3, -0.25) is 4.98 Å². The van der Waals surface area contributed by atoms with Crippen LogP contribution in [0.15, 0.2) is 48.8 Å². The van der Waals surface area contributed by atoms with Gasteiger partial charge in [0.05, 0.1) is 6.10 Å². The minimum atomic E-state index is -0.960. The summed E-state index contributed by atoms with van der Waals surface area (Å²) in [4.78, 5) is 14.6. The molecule has 2 aromatic rings. The van der Waals surface area contributed by atoms with Crippen molar-refractivity contribution in [2.24, 2.45) is 0 Å². The smallest absolute Gasteiger partial charge is 0.328 e. The molecule has 0 fully saturated rings. The van der Waals surface area contributed by atoms with Gasteiger partial charge in [0.1, 0.15) is 11.9 Å². The molecule has 136 valence electrons. The van der Waals surface area contributed by atoms with E-state index in [2.05, 4.69) is 10.3 Å². The summed E-state index contributed by atoms with van der Waals surface area (Å²) < 4.78 is 6.00. The molecule has 0 amide bonds. The quantitative estimate of drug-likeness (QED) is 0.660. The zero-order chi connectivity index (χ0) is 18.4. The molecule has 0 saturated heterocycles. The molecule has 3 rings (SSSR count). The van der Waals surface area contributed by atoms with E-state index >= 15 is 0 Å². The van der Waals surface area contributed by atoms with Gasteiger partial charge >= 0.3 is 5.97 Å². The molecule has 1 aromatic heterocycles. The molecule has 0 aliphatic carbocycles. The molecule has 6 heteroatoms. The van der Waals surface area contributed by atoms with Crippen molar-refractivity contribution in [2.45, 2.75) is 25.0 Å². The lowest BCUT2D eigenvalue weighted by Crippen LogP contribution is -2.36. The third-order valence-electron chi connectivity index (χ3n) is 4.31. The fourth-order valence-corrected chi connectivity index (χ4v) is 2.95. The SMILES string of the molecule is O=C(O)C=Cc1ccc2c(c1)CC[C@@H](CNC[C@H](O)c1cccnc1)O2. The number of hydrogen-bond acceptors (Lipinski definition) is 5. The molecule has 2 atom stereocenters. The second kappa shape index (κ2) is 8.60. The lowest BCUT2D eigenvalue weighted by atomic mass is 9.99. The Balaban J connectivity index is 1.50. The second-order valence-electron chi connectivity index (χ2n) is 6.28. The number of nitrogens with one attached hydrogen (secondary N) is 1. The van der Waals surface area contributed by atoms with Gasteiger partial charge < -0.3 is 20.3 Å². The van der Waals surface area contributed by atoms with E-state index in [4.69, 9.17) is 9.84 Å². The van der Waals surface area contributed by atoms with Crippen molar-refractivity contribution in [1.82, 2.24) is 10.3 Å². The fraction of sp³-hybridized carbons (Fsp3) is 0.300. The summed E-state index contributed by atoms with van der Waals surface area (Å²) >= 11 is 0. The Morgan fingerprint density at radius 3 is 3.08 bits per heavy atom. The highest BCUT2D eigenvalue weighted by Crippen LogP contribution is 2.28. The minimum Gasteiger partial charge on any atom is -0.489 e. The Bertz CT molecular complexity index is 777. The van der Waals surface area contributed by atoms with Crippen molar-refractivity contribution in [1.29, 1.82) is 0 Å². The van der Waals surface area contributed by atoms with Crippen LogP contribution in [0.3, 0.4) is 0 Å². The van der Waals surface area contributed by atoms with Gasteiger partial charge in [-0.1, -0.05) is 12.1 Å². The predicted molar refractivity (Wildman–Crippen MR) is 97.9 cm³/mol. The van der Waals surface area contributed by atoms with Crippen LogP contribution in [0.4, 0.5) is 0 Å². The Hall–Kier alpha value is -2.70. The number of aliphatic carboxylic acids is 1. The Labute approximate surface area is 152 Å². The number of fused-ring (bicyclic) bond motifs is 1. The van der Waals surface area contributed by atoms with E-state index in [1.54, 1.807) is 24.5 Å². The van der Waals surface area contributed by atoms with E-state index < -0.39 is 12.1 Å². The van der Waals surface area contributed by atoms with Crippen LogP contribution in [0.1, 0.15) is 29.2 Å².